The molecule has 0 atom stereocenters. The van der Waals surface area contributed by atoms with Crippen LogP contribution in [0.25, 0.3) is 0 Å². The molecule has 0 aliphatic heterocycles. The van der Waals surface area contributed by atoms with E-state index in [4.69, 9.17) is 0 Å². The molecule has 0 N–H and O–H groups in total. The lowest BCUT2D eigenvalue weighted by Crippen LogP contribution is -1.98. The first kappa shape index (κ1) is 15.2. The molecule has 0 bridgehead atoms. The van der Waals surface area contributed by atoms with Crippen LogP contribution in [-0.2, 0) is 9.53 Å². The van der Waals surface area contributed by atoms with E-state index in [2.05, 4.69) is 11.7 Å². The van der Waals surface area contributed by atoms with E-state index < -0.39 is 0 Å². The summed E-state index contributed by atoms with van der Waals surface area (Å²) >= 11 is 0. The van der Waals surface area contributed by atoms with E-state index in [1.165, 1.54) is 32.8 Å². The number of methoxy groups -OCH3 is 1. The van der Waals surface area contributed by atoms with Crippen LogP contribution in [0, 0.1) is 0 Å². The van der Waals surface area contributed by atoms with Crippen LogP contribution in [0.5, 0.6) is 0 Å². The minimum atomic E-state index is -0.0782. The van der Waals surface area contributed by atoms with Gasteiger partial charge in [0.05, 0.1) is 7.11 Å². The fourth-order valence-corrected chi connectivity index (χ4v) is 1.15. The molecule has 0 rings (SSSR count). The normalized spacial score (nSPS) is 9.08. The molecule has 0 aliphatic carbocycles. The lowest BCUT2D eigenvalue weighted by atomic mass is 10.1. The third-order valence-corrected chi connectivity index (χ3v) is 1.96. The van der Waals surface area contributed by atoms with E-state index in [1.54, 1.807) is 0 Å². The molecule has 0 saturated heterocycles. The first-order valence-electron chi connectivity index (χ1n) is 4.88. The van der Waals surface area contributed by atoms with Crippen LogP contribution in [0.15, 0.2) is 0 Å². The number of hydrogen-bond acceptors (Lipinski definition) is 2. The van der Waals surface area contributed by atoms with Crippen molar-refractivity contribution < 1.29 is 9.53 Å². The number of esters is 1. The summed E-state index contributed by atoms with van der Waals surface area (Å²) in [6.45, 7) is 2.20. The summed E-state index contributed by atoms with van der Waals surface area (Å²) in [4.78, 5) is 10.7. The summed E-state index contributed by atoms with van der Waals surface area (Å²) in [5, 5.41) is 0. The molecule has 0 aromatic rings. The summed E-state index contributed by atoms with van der Waals surface area (Å²) in [7, 11) is 1.44. The molecule has 0 aliphatic rings. The van der Waals surface area contributed by atoms with Gasteiger partial charge >= 0.3 is 5.97 Å². The maximum absolute atomic E-state index is 10.7. The Bertz CT molecular complexity index is 115. The van der Waals surface area contributed by atoms with Gasteiger partial charge in [0.2, 0.25) is 0 Å². The molecule has 0 saturated carbocycles. The van der Waals surface area contributed by atoms with Crippen molar-refractivity contribution in [3.05, 3.63) is 0 Å². The smallest absolute Gasteiger partial charge is 0.305 e. The Morgan fingerprint density at radius 1 is 1.08 bits per heavy atom. The van der Waals surface area contributed by atoms with E-state index in [1.807, 2.05) is 0 Å². The summed E-state index contributed by atoms with van der Waals surface area (Å²) in [6.07, 6.45) is 7.88. The monoisotopic (exact) mass is 208 g/mol. The van der Waals surface area contributed by atoms with Crippen LogP contribution in [0.1, 0.15) is 51.9 Å². The van der Waals surface area contributed by atoms with Crippen molar-refractivity contribution in [1.82, 2.24) is 0 Å². The Hall–Kier alpha value is -0.240. The highest BCUT2D eigenvalue weighted by Gasteiger charge is 1.98. The Balaban J connectivity index is 0. The van der Waals surface area contributed by atoms with E-state index in [0.29, 0.717) is 6.42 Å². The van der Waals surface area contributed by atoms with Crippen LogP contribution in [0.3, 0.4) is 0 Å². The highest BCUT2D eigenvalue weighted by Crippen LogP contribution is 2.06. The second-order valence-corrected chi connectivity index (χ2v) is 3.09. The van der Waals surface area contributed by atoms with Crippen LogP contribution < -0.4 is 0 Å². The van der Waals surface area contributed by atoms with Gasteiger partial charge in [-0.1, -0.05) is 39.0 Å². The number of unbranched alkanes of at least 4 members (excludes halogenated alkanes) is 5. The topological polar surface area (TPSA) is 26.3 Å². The van der Waals surface area contributed by atoms with Crippen LogP contribution in [0.4, 0.5) is 0 Å². The van der Waals surface area contributed by atoms with E-state index in [0.717, 1.165) is 12.8 Å². The molecule has 0 aromatic carbocycles. The van der Waals surface area contributed by atoms with Crippen LogP contribution in [-0.4, -0.2) is 13.1 Å². The van der Waals surface area contributed by atoms with Gasteiger partial charge in [0.25, 0.3) is 0 Å². The third-order valence-electron chi connectivity index (χ3n) is 1.96. The molecular weight excluding hydrogens is 188 g/mol. The molecule has 0 fully saturated rings. The van der Waals surface area contributed by atoms with Gasteiger partial charge in [-0.2, -0.15) is 0 Å². The maximum Gasteiger partial charge on any atom is 0.305 e. The van der Waals surface area contributed by atoms with Gasteiger partial charge in [0.1, 0.15) is 0 Å². The number of rotatable bonds is 7. The maximum atomic E-state index is 10.7. The van der Waals surface area contributed by atoms with Gasteiger partial charge in [-0.05, 0) is 6.42 Å². The molecule has 0 unspecified atom stereocenters. The van der Waals surface area contributed by atoms with E-state index in [-0.39, 0.29) is 18.4 Å². The second-order valence-electron chi connectivity index (χ2n) is 3.09. The summed E-state index contributed by atoms with van der Waals surface area (Å²) < 4.78 is 4.54. The Labute approximate surface area is 87.5 Å². The molecule has 0 radical (unpaired) electrons. The highest BCUT2D eigenvalue weighted by atomic mass is 35.5. The highest BCUT2D eigenvalue weighted by molar-refractivity contribution is 5.85. The van der Waals surface area contributed by atoms with E-state index >= 15 is 0 Å². The van der Waals surface area contributed by atoms with Crippen molar-refractivity contribution in [3.63, 3.8) is 0 Å². The van der Waals surface area contributed by atoms with Crippen molar-refractivity contribution in [1.29, 1.82) is 0 Å². The van der Waals surface area contributed by atoms with Gasteiger partial charge in [-0.3, -0.25) is 4.79 Å². The summed E-state index contributed by atoms with van der Waals surface area (Å²) in [5.74, 6) is -0.0782. The van der Waals surface area contributed by atoms with Gasteiger partial charge in [0, 0.05) is 6.42 Å². The van der Waals surface area contributed by atoms with E-state index in [9.17, 15) is 4.79 Å². The molecule has 3 heteroatoms. The average molecular weight is 209 g/mol. The predicted octanol–water partition coefficient (Wildman–Crippen LogP) is 3.33. The largest absolute Gasteiger partial charge is 0.469 e. The molecule has 0 aromatic heterocycles. The fraction of sp³-hybridized carbons (Fsp3) is 0.900. The number of carbonyl (C=O) groups excluding carboxylic acids is 1. The predicted molar refractivity (Wildman–Crippen MR) is 57.3 cm³/mol. The van der Waals surface area contributed by atoms with Gasteiger partial charge in [-0.25, -0.2) is 0 Å². The molecule has 0 heterocycles. The molecule has 0 spiro atoms. The quantitative estimate of drug-likeness (QED) is 0.474. The first-order valence-corrected chi connectivity index (χ1v) is 4.88. The minimum Gasteiger partial charge on any atom is -0.469 e. The number of halogens is 1. The van der Waals surface area contributed by atoms with Crippen molar-refractivity contribution in [3.8, 4) is 0 Å². The van der Waals surface area contributed by atoms with Crippen molar-refractivity contribution in [2.75, 3.05) is 7.11 Å². The zero-order valence-corrected chi connectivity index (χ0v) is 9.49. The van der Waals surface area contributed by atoms with Crippen LogP contribution in [0.2, 0.25) is 0 Å². The van der Waals surface area contributed by atoms with Crippen molar-refractivity contribution in [2.24, 2.45) is 0 Å². The third kappa shape index (κ3) is 11.8. The van der Waals surface area contributed by atoms with Crippen molar-refractivity contribution >= 4 is 18.4 Å². The Morgan fingerprint density at radius 3 is 2.15 bits per heavy atom. The lowest BCUT2D eigenvalue weighted by molar-refractivity contribution is -0.140. The zero-order chi connectivity index (χ0) is 9.23. The minimum absolute atomic E-state index is 0. The molecule has 13 heavy (non-hydrogen) atoms. The lowest BCUT2D eigenvalue weighted by Gasteiger charge is -1.99. The molecule has 80 valence electrons. The van der Waals surface area contributed by atoms with Crippen molar-refractivity contribution in [2.45, 2.75) is 51.9 Å². The van der Waals surface area contributed by atoms with Gasteiger partial charge < -0.3 is 4.74 Å². The Morgan fingerprint density at radius 2 is 1.62 bits per heavy atom. The molecule has 2 nitrogen and oxygen atoms in total. The van der Waals surface area contributed by atoms with Crippen LogP contribution >= 0.6 is 12.4 Å². The SMILES string of the molecule is CCCCCCCCC(=O)OC.Cl. The second kappa shape index (κ2) is 11.8. The van der Waals surface area contributed by atoms with Gasteiger partial charge in [0.15, 0.2) is 0 Å². The fourth-order valence-electron chi connectivity index (χ4n) is 1.15. The standard InChI is InChI=1S/C10H20O2.ClH/c1-3-4-5-6-7-8-9-10(11)12-2;/h3-9H2,1-2H3;1H. The Kier molecular flexibility index (Phi) is 13.8. The summed E-state index contributed by atoms with van der Waals surface area (Å²) in [5.41, 5.74) is 0. The zero-order valence-electron chi connectivity index (χ0n) is 8.67. The average Bonchev–Trinajstić information content (AvgIpc) is 2.10. The molecular formula is C10H21ClO2. The first-order chi connectivity index (χ1) is 5.81. The number of ether oxygens (including phenoxy) is 1. The summed E-state index contributed by atoms with van der Waals surface area (Å²) in [6, 6.07) is 0. The molecule has 0 amide bonds. The number of carbonyl (C=O) groups is 1. The van der Waals surface area contributed by atoms with Gasteiger partial charge in [-0.15, -0.1) is 12.4 Å². The number of hydrogen-bond donors (Lipinski definition) is 0.